The van der Waals surface area contributed by atoms with E-state index in [1.165, 1.54) is 13.1 Å². The maximum Gasteiger partial charge on any atom is 0.434 e. The van der Waals surface area contributed by atoms with Crippen LogP contribution in [0.4, 0.5) is 5.88 Å². The van der Waals surface area contributed by atoms with Crippen LogP contribution in [-0.2, 0) is 0 Å². The van der Waals surface area contributed by atoms with Crippen molar-refractivity contribution in [2.75, 3.05) is 7.05 Å². The van der Waals surface area contributed by atoms with Crippen molar-refractivity contribution in [1.29, 1.82) is 0 Å². The third kappa shape index (κ3) is 2.73. The van der Waals surface area contributed by atoms with Crippen molar-refractivity contribution in [3.05, 3.63) is 51.8 Å². The van der Waals surface area contributed by atoms with E-state index in [-0.39, 0.29) is 17.2 Å². The van der Waals surface area contributed by atoms with Crippen molar-refractivity contribution in [2.45, 2.75) is 0 Å². The van der Waals surface area contributed by atoms with Crippen molar-refractivity contribution in [3.63, 3.8) is 0 Å². The second kappa shape index (κ2) is 5.45. The van der Waals surface area contributed by atoms with Gasteiger partial charge in [-0.15, -0.1) is 0 Å². The molecule has 0 aliphatic rings. The summed E-state index contributed by atoms with van der Waals surface area (Å²) in [7, 11) is 1.48. The number of furan rings is 1. The van der Waals surface area contributed by atoms with Crippen LogP contribution in [0, 0.1) is 10.1 Å². The lowest BCUT2D eigenvalue weighted by Gasteiger charge is -2.03. The topological polar surface area (TPSA) is 128 Å². The van der Waals surface area contributed by atoms with Crippen LogP contribution >= 0.6 is 0 Å². The Morgan fingerprint density at radius 1 is 1.33 bits per heavy atom. The predicted octanol–water partition coefficient (Wildman–Crippen LogP) is 1.31. The largest absolute Gasteiger partial charge is 0.434 e. The molecule has 108 valence electrons. The summed E-state index contributed by atoms with van der Waals surface area (Å²) in [6.07, 6.45) is 0. The monoisotopic (exact) mass is 289 g/mol. The van der Waals surface area contributed by atoms with E-state index < -0.39 is 16.7 Å². The lowest BCUT2D eigenvalue weighted by atomic mass is 10.0. The fraction of sp³-hybridized carbons (Fsp3) is 0.0769. The molecule has 8 heteroatoms. The van der Waals surface area contributed by atoms with Gasteiger partial charge in [0.15, 0.2) is 0 Å². The molecule has 0 saturated carbocycles. The first-order chi connectivity index (χ1) is 9.93. The molecule has 0 radical (unpaired) electrons. The van der Waals surface area contributed by atoms with Gasteiger partial charge in [-0.25, -0.2) is 0 Å². The van der Waals surface area contributed by atoms with Crippen LogP contribution in [0.2, 0.25) is 0 Å². The van der Waals surface area contributed by atoms with Crippen molar-refractivity contribution in [3.8, 4) is 11.1 Å². The first-order valence-corrected chi connectivity index (χ1v) is 5.84. The van der Waals surface area contributed by atoms with Crippen LogP contribution in [0.1, 0.15) is 20.9 Å². The van der Waals surface area contributed by atoms with Gasteiger partial charge >= 0.3 is 5.88 Å². The minimum Gasteiger partial charge on any atom is -0.395 e. The molecule has 21 heavy (non-hydrogen) atoms. The number of carbonyl (C=O) groups excluding carboxylic acids is 2. The highest BCUT2D eigenvalue weighted by atomic mass is 16.6. The molecule has 1 aromatic heterocycles. The number of hydrogen-bond acceptors (Lipinski definition) is 5. The van der Waals surface area contributed by atoms with Gasteiger partial charge in [0.05, 0.1) is 6.07 Å². The molecule has 0 aliphatic heterocycles. The molecule has 0 fully saturated rings. The van der Waals surface area contributed by atoms with Gasteiger partial charge in [-0.05, 0) is 17.7 Å². The number of amides is 2. The van der Waals surface area contributed by atoms with Crippen LogP contribution in [0.15, 0.2) is 34.7 Å². The molecule has 1 heterocycles. The quantitative estimate of drug-likeness (QED) is 0.647. The van der Waals surface area contributed by atoms with E-state index in [0.29, 0.717) is 11.1 Å². The molecule has 0 spiro atoms. The summed E-state index contributed by atoms with van der Waals surface area (Å²) >= 11 is 0. The van der Waals surface area contributed by atoms with E-state index in [4.69, 9.17) is 10.2 Å². The van der Waals surface area contributed by atoms with E-state index in [2.05, 4.69) is 5.32 Å². The van der Waals surface area contributed by atoms with E-state index in [0.717, 1.165) is 6.07 Å². The Kier molecular flexibility index (Phi) is 3.70. The average Bonchev–Trinajstić information content (AvgIpc) is 2.92. The Morgan fingerprint density at radius 2 is 2.05 bits per heavy atom. The van der Waals surface area contributed by atoms with Crippen LogP contribution in [-0.4, -0.2) is 23.8 Å². The van der Waals surface area contributed by atoms with Gasteiger partial charge in [0.2, 0.25) is 5.76 Å². The van der Waals surface area contributed by atoms with Gasteiger partial charge in [-0.2, -0.15) is 0 Å². The van der Waals surface area contributed by atoms with Crippen molar-refractivity contribution >= 4 is 17.7 Å². The van der Waals surface area contributed by atoms with Crippen molar-refractivity contribution in [1.82, 2.24) is 5.32 Å². The van der Waals surface area contributed by atoms with Gasteiger partial charge < -0.3 is 15.5 Å². The second-order valence-electron chi connectivity index (χ2n) is 4.11. The highest BCUT2D eigenvalue weighted by molar-refractivity contribution is 5.99. The number of hydrogen-bond donors (Lipinski definition) is 2. The summed E-state index contributed by atoms with van der Waals surface area (Å²) in [4.78, 5) is 32.9. The Balaban J connectivity index is 2.58. The third-order valence-corrected chi connectivity index (χ3v) is 2.79. The number of benzene rings is 1. The number of primary amides is 1. The van der Waals surface area contributed by atoms with Gasteiger partial charge in [-0.3, -0.25) is 19.7 Å². The lowest BCUT2D eigenvalue weighted by molar-refractivity contribution is -0.402. The summed E-state index contributed by atoms with van der Waals surface area (Å²) < 4.78 is 4.84. The first kappa shape index (κ1) is 14.3. The Bertz CT molecular complexity index is 735. The smallest absolute Gasteiger partial charge is 0.395 e. The maximum atomic E-state index is 11.6. The molecule has 1 aromatic carbocycles. The van der Waals surface area contributed by atoms with E-state index in [1.807, 2.05) is 0 Å². The Morgan fingerprint density at radius 3 is 2.62 bits per heavy atom. The summed E-state index contributed by atoms with van der Waals surface area (Å²) in [6.45, 7) is 0. The summed E-state index contributed by atoms with van der Waals surface area (Å²) in [5.41, 5.74) is 6.08. The van der Waals surface area contributed by atoms with Crippen LogP contribution < -0.4 is 11.1 Å². The van der Waals surface area contributed by atoms with Crippen LogP contribution in [0.3, 0.4) is 0 Å². The molecule has 0 unspecified atom stereocenters. The Hall–Kier alpha value is -3.16. The molecule has 2 aromatic rings. The number of rotatable bonds is 4. The molecular weight excluding hydrogens is 278 g/mol. The average molecular weight is 289 g/mol. The van der Waals surface area contributed by atoms with Crippen molar-refractivity contribution in [2.24, 2.45) is 5.73 Å². The highest BCUT2D eigenvalue weighted by Gasteiger charge is 2.23. The number of nitrogens with two attached hydrogens (primary N) is 1. The third-order valence-electron chi connectivity index (χ3n) is 2.79. The predicted molar refractivity (Wildman–Crippen MR) is 72.7 cm³/mol. The number of nitrogens with one attached hydrogen (secondary N) is 1. The van der Waals surface area contributed by atoms with Gasteiger partial charge in [0.25, 0.3) is 11.8 Å². The maximum absolute atomic E-state index is 11.6. The molecule has 8 nitrogen and oxygen atoms in total. The fourth-order valence-corrected chi connectivity index (χ4v) is 1.84. The lowest BCUT2D eigenvalue weighted by Crippen LogP contribution is -2.17. The molecular formula is C13H11N3O5. The number of carbonyl (C=O) groups is 2. The zero-order valence-electron chi connectivity index (χ0n) is 11.0. The minimum atomic E-state index is -0.927. The molecule has 0 aliphatic carbocycles. The number of nitro groups is 1. The fourth-order valence-electron chi connectivity index (χ4n) is 1.84. The molecule has 0 saturated heterocycles. The summed E-state index contributed by atoms with van der Waals surface area (Å²) in [5, 5.41) is 13.2. The summed E-state index contributed by atoms with van der Waals surface area (Å²) in [6, 6.07) is 7.33. The van der Waals surface area contributed by atoms with Gasteiger partial charge in [0, 0.05) is 18.2 Å². The SMILES string of the molecule is CNC(=O)c1cccc(-c2cc([N+](=O)[O-])oc2C(N)=O)c1. The Labute approximate surface area is 118 Å². The van der Waals surface area contributed by atoms with E-state index in [9.17, 15) is 19.7 Å². The molecule has 2 amide bonds. The zero-order valence-corrected chi connectivity index (χ0v) is 11.0. The van der Waals surface area contributed by atoms with Crippen LogP contribution in [0.5, 0.6) is 0 Å². The molecule has 2 rings (SSSR count). The van der Waals surface area contributed by atoms with Crippen LogP contribution in [0.25, 0.3) is 11.1 Å². The second-order valence-corrected chi connectivity index (χ2v) is 4.11. The normalized spacial score (nSPS) is 10.1. The molecule has 0 bridgehead atoms. The molecule has 0 atom stereocenters. The van der Waals surface area contributed by atoms with E-state index in [1.54, 1.807) is 18.2 Å². The zero-order chi connectivity index (χ0) is 15.6. The highest BCUT2D eigenvalue weighted by Crippen LogP contribution is 2.31. The van der Waals surface area contributed by atoms with Crippen molar-refractivity contribution < 1.29 is 18.9 Å². The van der Waals surface area contributed by atoms with E-state index >= 15 is 0 Å². The standard InChI is InChI=1S/C13H11N3O5/c1-15-13(18)8-4-2-3-7(5-8)9-6-10(16(19)20)21-11(9)12(14)17/h2-6H,1H3,(H2,14,17)(H,15,18). The number of nitrogens with zero attached hydrogens (tertiary/aromatic N) is 1. The van der Waals surface area contributed by atoms with Gasteiger partial charge in [-0.1, -0.05) is 12.1 Å². The van der Waals surface area contributed by atoms with Gasteiger partial charge in [0.1, 0.15) is 4.92 Å². The molecule has 3 N–H and O–H groups in total. The first-order valence-electron chi connectivity index (χ1n) is 5.84. The minimum absolute atomic E-state index is 0.167. The summed E-state index contributed by atoms with van der Waals surface area (Å²) in [5.74, 6) is -2.17.